The fourth-order valence-corrected chi connectivity index (χ4v) is 5.15. The van der Waals surface area contributed by atoms with Crippen molar-refractivity contribution in [2.45, 2.75) is 40.2 Å². The highest BCUT2D eigenvalue weighted by Crippen LogP contribution is 2.40. The molecule has 0 unspecified atom stereocenters. The van der Waals surface area contributed by atoms with Crippen LogP contribution in [-0.4, -0.2) is 41.1 Å². The van der Waals surface area contributed by atoms with Crippen LogP contribution >= 0.6 is 11.8 Å². The van der Waals surface area contributed by atoms with Gasteiger partial charge in [-0.1, -0.05) is 18.2 Å². The topological polar surface area (TPSA) is 69.7 Å². The van der Waals surface area contributed by atoms with E-state index in [0.717, 1.165) is 44.6 Å². The van der Waals surface area contributed by atoms with Crippen LogP contribution in [0.15, 0.2) is 47.4 Å². The molecule has 2 aliphatic rings. The van der Waals surface area contributed by atoms with E-state index in [2.05, 4.69) is 56.2 Å². The molecule has 7 heteroatoms. The fourth-order valence-electron chi connectivity index (χ4n) is 4.32. The average Bonchev–Trinajstić information content (AvgIpc) is 3.00. The van der Waals surface area contributed by atoms with Gasteiger partial charge in [0.05, 0.1) is 10.4 Å². The third kappa shape index (κ3) is 4.53. The van der Waals surface area contributed by atoms with Crippen molar-refractivity contribution in [3.8, 4) is 0 Å². The molecule has 6 nitrogen and oxygen atoms in total. The molecule has 176 valence electrons. The van der Waals surface area contributed by atoms with Crippen molar-refractivity contribution in [1.82, 2.24) is 4.90 Å². The summed E-state index contributed by atoms with van der Waals surface area (Å²) in [5.74, 6) is -0.859. The quantitative estimate of drug-likeness (QED) is 0.582. The molecule has 0 saturated carbocycles. The first-order valence-corrected chi connectivity index (χ1v) is 12.0. The number of nitrogens with zero attached hydrogens (tertiary/aromatic N) is 2. The number of carbonyl (C=O) groups is 3. The van der Waals surface area contributed by atoms with Crippen LogP contribution in [0.25, 0.3) is 11.6 Å². The number of hydrogen-bond donors (Lipinski definition) is 1. The van der Waals surface area contributed by atoms with Gasteiger partial charge in [0.25, 0.3) is 11.1 Å². The number of anilines is 2. The van der Waals surface area contributed by atoms with Gasteiger partial charge in [-0.05, 0) is 99.0 Å². The maximum atomic E-state index is 13.0. The van der Waals surface area contributed by atoms with E-state index >= 15 is 0 Å². The number of aryl methyl sites for hydroxylation is 2. The Morgan fingerprint density at radius 3 is 2.56 bits per heavy atom. The van der Waals surface area contributed by atoms with Gasteiger partial charge in [-0.2, -0.15) is 0 Å². The molecule has 1 fully saturated rings. The van der Waals surface area contributed by atoms with Crippen LogP contribution in [0.1, 0.15) is 43.0 Å². The van der Waals surface area contributed by atoms with Crippen molar-refractivity contribution < 1.29 is 14.4 Å². The third-order valence-corrected chi connectivity index (χ3v) is 7.28. The Labute approximate surface area is 204 Å². The van der Waals surface area contributed by atoms with Gasteiger partial charge in [0.15, 0.2) is 0 Å². The zero-order valence-corrected chi connectivity index (χ0v) is 21.2. The monoisotopic (exact) mass is 475 g/mol. The highest BCUT2D eigenvalue weighted by atomic mass is 32.2. The van der Waals surface area contributed by atoms with Gasteiger partial charge in [-0.25, -0.2) is 0 Å². The molecule has 1 saturated heterocycles. The van der Waals surface area contributed by atoms with E-state index in [9.17, 15) is 14.4 Å². The molecular weight excluding hydrogens is 446 g/mol. The lowest BCUT2D eigenvalue weighted by Gasteiger charge is -2.41. The van der Waals surface area contributed by atoms with Crippen molar-refractivity contribution in [3.63, 3.8) is 0 Å². The molecule has 34 heavy (non-hydrogen) atoms. The number of allylic oxidation sites excluding steroid dienone is 1. The molecular formula is C27H29N3O3S. The number of fused-ring (bicyclic) bond motifs is 1. The van der Waals surface area contributed by atoms with Crippen LogP contribution in [0.3, 0.4) is 0 Å². The number of benzene rings is 2. The minimum absolute atomic E-state index is 0.0906. The van der Waals surface area contributed by atoms with Crippen LogP contribution in [-0.2, 0) is 9.59 Å². The Kier molecular flexibility index (Phi) is 6.16. The van der Waals surface area contributed by atoms with Crippen LogP contribution in [0.4, 0.5) is 16.2 Å². The second-order valence-electron chi connectivity index (χ2n) is 9.45. The molecule has 4 rings (SSSR count). The second kappa shape index (κ2) is 8.80. The van der Waals surface area contributed by atoms with E-state index in [1.165, 1.54) is 5.57 Å². The summed E-state index contributed by atoms with van der Waals surface area (Å²) in [6.45, 7) is 10.0. The highest BCUT2D eigenvalue weighted by Gasteiger charge is 2.36. The van der Waals surface area contributed by atoms with Crippen molar-refractivity contribution in [3.05, 3.63) is 69.6 Å². The molecule has 0 atom stereocenters. The molecule has 2 heterocycles. The Hall–Kier alpha value is -3.32. The van der Waals surface area contributed by atoms with E-state index < -0.39 is 17.1 Å². The summed E-state index contributed by atoms with van der Waals surface area (Å²) in [7, 11) is 2.08. The van der Waals surface area contributed by atoms with E-state index in [0.29, 0.717) is 10.6 Å². The fraction of sp³-hybridized carbons (Fsp3) is 0.296. The van der Waals surface area contributed by atoms with E-state index in [1.807, 2.05) is 32.0 Å². The molecule has 3 amide bonds. The number of likely N-dealkylation sites (N-methyl/N-ethyl adjacent to an activating group) is 1. The molecule has 2 aliphatic heterocycles. The number of imide groups is 1. The van der Waals surface area contributed by atoms with E-state index in [4.69, 9.17) is 0 Å². The summed E-state index contributed by atoms with van der Waals surface area (Å²) >= 11 is 0.868. The maximum absolute atomic E-state index is 13.0. The lowest BCUT2D eigenvalue weighted by Crippen LogP contribution is -2.42. The Balaban J connectivity index is 1.56. The minimum Gasteiger partial charge on any atom is -0.365 e. The normalized spacial score (nSPS) is 18.3. The Morgan fingerprint density at radius 2 is 1.85 bits per heavy atom. The molecule has 0 spiro atoms. The Morgan fingerprint density at radius 1 is 1.12 bits per heavy atom. The minimum atomic E-state index is -0.447. The summed E-state index contributed by atoms with van der Waals surface area (Å²) in [6, 6.07) is 11.6. The van der Waals surface area contributed by atoms with Gasteiger partial charge in [-0.15, -0.1) is 0 Å². The molecule has 0 aromatic heterocycles. The molecule has 0 bridgehead atoms. The number of hydrogen-bond acceptors (Lipinski definition) is 5. The van der Waals surface area contributed by atoms with Gasteiger partial charge < -0.3 is 10.2 Å². The lowest BCUT2D eigenvalue weighted by atomic mass is 9.87. The zero-order valence-electron chi connectivity index (χ0n) is 20.4. The van der Waals surface area contributed by atoms with Gasteiger partial charge in [0.1, 0.15) is 6.54 Å². The van der Waals surface area contributed by atoms with Crippen LogP contribution in [0, 0.1) is 13.8 Å². The van der Waals surface area contributed by atoms with Gasteiger partial charge in [0, 0.05) is 24.0 Å². The predicted octanol–water partition coefficient (Wildman–Crippen LogP) is 5.61. The van der Waals surface area contributed by atoms with Crippen molar-refractivity contribution >= 4 is 51.8 Å². The average molecular weight is 476 g/mol. The molecule has 0 aliphatic carbocycles. The largest absolute Gasteiger partial charge is 0.365 e. The maximum Gasteiger partial charge on any atom is 0.294 e. The number of amides is 3. The van der Waals surface area contributed by atoms with Gasteiger partial charge in [0.2, 0.25) is 5.91 Å². The Bertz CT molecular complexity index is 1280. The standard InChI is InChI=1S/C27H29N3O3S/c1-16-8-7-9-20(10-16)28-24(31)15-30-25(32)23(34-26(30)33)13-19-12-21-18(3)14-27(4,5)29(6)22(21)11-17(19)2/h7-14H,15H2,1-6H3,(H,28,31)/b23-13+. The number of rotatable bonds is 4. The lowest BCUT2D eigenvalue weighted by molar-refractivity contribution is -0.127. The SMILES string of the molecule is CC1=CC(C)(C)N(C)c2cc(C)c(/C=C3/SC(=O)N(CC(=O)Nc4cccc(C)c4)C3=O)cc21. The molecule has 2 aromatic carbocycles. The van der Waals surface area contributed by atoms with Crippen LogP contribution in [0.5, 0.6) is 0 Å². The molecule has 0 radical (unpaired) electrons. The first kappa shape index (κ1) is 23.8. The van der Waals surface area contributed by atoms with Gasteiger partial charge >= 0.3 is 0 Å². The number of thioether (sulfide) groups is 1. The summed E-state index contributed by atoms with van der Waals surface area (Å²) in [5, 5.41) is 2.31. The summed E-state index contributed by atoms with van der Waals surface area (Å²) in [6.07, 6.45) is 3.99. The first-order chi connectivity index (χ1) is 16.0. The van der Waals surface area contributed by atoms with Crippen LogP contribution < -0.4 is 10.2 Å². The second-order valence-corrected chi connectivity index (χ2v) is 10.4. The van der Waals surface area contributed by atoms with Gasteiger partial charge in [-0.3, -0.25) is 19.3 Å². The summed E-state index contributed by atoms with van der Waals surface area (Å²) in [5.41, 5.74) is 6.87. The van der Waals surface area contributed by atoms with E-state index in [1.54, 1.807) is 12.1 Å². The van der Waals surface area contributed by atoms with Crippen molar-refractivity contribution in [2.75, 3.05) is 23.8 Å². The van der Waals surface area contributed by atoms with Crippen molar-refractivity contribution in [2.24, 2.45) is 0 Å². The third-order valence-electron chi connectivity index (χ3n) is 6.37. The summed E-state index contributed by atoms with van der Waals surface area (Å²) < 4.78 is 0. The molecule has 2 aromatic rings. The smallest absolute Gasteiger partial charge is 0.294 e. The highest BCUT2D eigenvalue weighted by molar-refractivity contribution is 8.18. The predicted molar refractivity (Wildman–Crippen MR) is 140 cm³/mol. The zero-order chi connectivity index (χ0) is 24.8. The first-order valence-electron chi connectivity index (χ1n) is 11.2. The number of carbonyl (C=O) groups excluding carboxylic acids is 3. The van der Waals surface area contributed by atoms with E-state index in [-0.39, 0.29) is 12.1 Å². The van der Waals surface area contributed by atoms with Crippen LogP contribution in [0.2, 0.25) is 0 Å². The molecule has 1 N–H and O–H groups in total. The summed E-state index contributed by atoms with van der Waals surface area (Å²) in [4.78, 5) is 41.6. The van der Waals surface area contributed by atoms with Crippen molar-refractivity contribution in [1.29, 1.82) is 0 Å². The number of nitrogens with one attached hydrogen (secondary N) is 1.